The van der Waals surface area contributed by atoms with Crippen LogP contribution in [-0.2, 0) is 19.6 Å². The summed E-state index contributed by atoms with van der Waals surface area (Å²) < 4.78 is 31.1. The van der Waals surface area contributed by atoms with E-state index in [4.69, 9.17) is 9.84 Å². The maximum Gasteiger partial charge on any atom is 0.334 e. The van der Waals surface area contributed by atoms with Gasteiger partial charge in [-0.2, -0.15) is 0 Å². The number of methoxy groups -OCH3 is 1. The fourth-order valence-corrected chi connectivity index (χ4v) is 2.86. The van der Waals surface area contributed by atoms with Crippen molar-refractivity contribution < 1.29 is 23.1 Å². The van der Waals surface area contributed by atoms with Gasteiger partial charge in [0, 0.05) is 18.8 Å². The number of nitrogens with one attached hydrogen (secondary N) is 2. The van der Waals surface area contributed by atoms with Crippen molar-refractivity contribution in [3.05, 3.63) is 24.3 Å². The molecule has 0 aliphatic rings. The van der Waals surface area contributed by atoms with Gasteiger partial charge in [0.25, 0.3) is 0 Å². The van der Waals surface area contributed by atoms with Crippen molar-refractivity contribution in [2.75, 3.05) is 19.0 Å². The summed E-state index contributed by atoms with van der Waals surface area (Å²) in [7, 11) is -2.21. The highest BCUT2D eigenvalue weighted by Gasteiger charge is 2.17. The molecule has 0 saturated heterocycles. The molecule has 0 heterocycles. The fourth-order valence-electron chi connectivity index (χ4n) is 1.61. The van der Waals surface area contributed by atoms with Crippen molar-refractivity contribution in [3.63, 3.8) is 0 Å². The molecule has 1 atom stereocenters. The van der Waals surface area contributed by atoms with E-state index in [2.05, 4.69) is 10.0 Å². The van der Waals surface area contributed by atoms with Crippen LogP contribution in [0.5, 0.6) is 0 Å². The molecule has 1 rings (SSSR count). The lowest BCUT2D eigenvalue weighted by Gasteiger charge is -2.13. The third kappa shape index (κ3) is 5.33. The monoisotopic (exact) mass is 316 g/mol. The van der Waals surface area contributed by atoms with Crippen LogP contribution in [0.3, 0.4) is 0 Å². The molecular formula is C13H20N2O5S. The zero-order valence-corrected chi connectivity index (χ0v) is 13.0. The quantitative estimate of drug-likeness (QED) is 0.658. The molecule has 1 aromatic carbocycles. The van der Waals surface area contributed by atoms with E-state index in [-0.39, 0.29) is 17.5 Å². The standard InChI is InChI=1S/C13H20N2O5S/c1-9(2)15-21(18,19)11-6-4-10(5-7-11)14-8-12(20-3)13(16)17/h4-7,9,12,14-15H,8H2,1-3H3,(H,16,17). The Hall–Kier alpha value is -1.64. The van der Waals surface area contributed by atoms with E-state index in [1.54, 1.807) is 26.0 Å². The van der Waals surface area contributed by atoms with Gasteiger partial charge in [-0.3, -0.25) is 0 Å². The summed E-state index contributed by atoms with van der Waals surface area (Å²) >= 11 is 0. The summed E-state index contributed by atoms with van der Waals surface area (Å²) in [4.78, 5) is 10.9. The van der Waals surface area contributed by atoms with Gasteiger partial charge >= 0.3 is 5.97 Å². The van der Waals surface area contributed by atoms with Gasteiger partial charge in [0.1, 0.15) is 0 Å². The average molecular weight is 316 g/mol. The third-order valence-electron chi connectivity index (χ3n) is 2.61. The molecule has 1 unspecified atom stereocenters. The largest absolute Gasteiger partial charge is 0.479 e. The summed E-state index contributed by atoms with van der Waals surface area (Å²) in [6.07, 6.45) is -0.962. The number of anilines is 1. The van der Waals surface area contributed by atoms with E-state index >= 15 is 0 Å². The van der Waals surface area contributed by atoms with Gasteiger partial charge in [0.15, 0.2) is 6.10 Å². The van der Waals surface area contributed by atoms with Crippen molar-refractivity contribution >= 4 is 21.7 Å². The maximum atomic E-state index is 11.9. The first kappa shape index (κ1) is 17.4. The Bertz CT molecular complexity index is 569. The van der Waals surface area contributed by atoms with Crippen LogP contribution >= 0.6 is 0 Å². The van der Waals surface area contributed by atoms with Gasteiger partial charge in [-0.1, -0.05) is 0 Å². The Labute approximate surface area is 124 Å². The minimum atomic E-state index is -3.52. The predicted molar refractivity (Wildman–Crippen MR) is 78.8 cm³/mol. The minimum Gasteiger partial charge on any atom is -0.479 e. The molecular weight excluding hydrogens is 296 g/mol. The van der Waals surface area contributed by atoms with Crippen LogP contribution in [0.4, 0.5) is 5.69 Å². The molecule has 1 aromatic rings. The predicted octanol–water partition coefficient (Wildman–Crippen LogP) is 0.885. The van der Waals surface area contributed by atoms with Crippen LogP contribution in [0.15, 0.2) is 29.2 Å². The fraction of sp³-hybridized carbons (Fsp3) is 0.462. The van der Waals surface area contributed by atoms with Gasteiger partial charge in [-0.15, -0.1) is 0 Å². The molecule has 118 valence electrons. The Morgan fingerprint density at radius 2 is 1.86 bits per heavy atom. The summed E-state index contributed by atoms with van der Waals surface area (Å²) in [5, 5.41) is 11.7. The Morgan fingerprint density at radius 3 is 2.29 bits per heavy atom. The van der Waals surface area contributed by atoms with E-state index in [0.717, 1.165) is 0 Å². The van der Waals surface area contributed by atoms with Gasteiger partial charge in [0.05, 0.1) is 11.4 Å². The number of carboxylic acids is 1. The van der Waals surface area contributed by atoms with Gasteiger partial charge in [-0.05, 0) is 38.1 Å². The van der Waals surface area contributed by atoms with Crippen molar-refractivity contribution in [3.8, 4) is 0 Å². The lowest BCUT2D eigenvalue weighted by atomic mass is 10.3. The summed E-state index contributed by atoms with van der Waals surface area (Å²) in [5.74, 6) is -1.06. The third-order valence-corrected chi connectivity index (χ3v) is 4.28. The first-order valence-corrected chi connectivity index (χ1v) is 7.86. The SMILES string of the molecule is COC(CNc1ccc(S(=O)(=O)NC(C)C)cc1)C(=O)O. The van der Waals surface area contributed by atoms with Crippen molar-refractivity contribution in [1.29, 1.82) is 0 Å². The number of aliphatic carboxylic acids is 1. The second-order valence-electron chi connectivity index (χ2n) is 4.74. The molecule has 0 spiro atoms. The highest BCUT2D eigenvalue weighted by atomic mass is 32.2. The van der Waals surface area contributed by atoms with E-state index in [9.17, 15) is 13.2 Å². The summed E-state index contributed by atoms with van der Waals surface area (Å²) in [5.41, 5.74) is 0.613. The van der Waals surface area contributed by atoms with Gasteiger partial charge in [-0.25, -0.2) is 17.9 Å². The number of sulfonamides is 1. The molecule has 0 bridgehead atoms. The zero-order chi connectivity index (χ0) is 16.0. The zero-order valence-electron chi connectivity index (χ0n) is 12.2. The number of hydrogen-bond acceptors (Lipinski definition) is 5. The van der Waals surface area contributed by atoms with Crippen LogP contribution in [0, 0.1) is 0 Å². The number of ether oxygens (including phenoxy) is 1. The topological polar surface area (TPSA) is 105 Å². The Morgan fingerprint density at radius 1 is 1.29 bits per heavy atom. The Kier molecular flexibility index (Phi) is 6.13. The smallest absolute Gasteiger partial charge is 0.334 e. The number of carboxylic acid groups (broad SMARTS) is 1. The number of benzene rings is 1. The molecule has 8 heteroatoms. The van der Waals surface area contributed by atoms with Gasteiger partial charge < -0.3 is 15.2 Å². The van der Waals surface area contributed by atoms with E-state index in [1.165, 1.54) is 19.2 Å². The highest BCUT2D eigenvalue weighted by molar-refractivity contribution is 7.89. The van der Waals surface area contributed by atoms with E-state index in [0.29, 0.717) is 5.69 Å². The van der Waals surface area contributed by atoms with E-state index < -0.39 is 22.1 Å². The number of carbonyl (C=O) groups is 1. The van der Waals surface area contributed by atoms with Crippen molar-refractivity contribution in [1.82, 2.24) is 4.72 Å². The minimum absolute atomic E-state index is 0.0855. The lowest BCUT2D eigenvalue weighted by molar-refractivity contribution is -0.147. The normalized spacial score (nSPS) is 13.1. The molecule has 0 amide bonds. The summed E-state index contributed by atoms with van der Waals surface area (Å²) in [6.45, 7) is 3.57. The molecule has 3 N–H and O–H groups in total. The Balaban J connectivity index is 2.73. The number of rotatable bonds is 8. The molecule has 0 aliphatic heterocycles. The second-order valence-corrected chi connectivity index (χ2v) is 6.46. The van der Waals surface area contributed by atoms with E-state index in [1.807, 2.05) is 0 Å². The molecule has 0 fully saturated rings. The van der Waals surface area contributed by atoms with Gasteiger partial charge in [0.2, 0.25) is 10.0 Å². The second kappa shape index (κ2) is 7.39. The molecule has 0 saturated carbocycles. The van der Waals surface area contributed by atoms with Crippen LogP contribution in [0.25, 0.3) is 0 Å². The van der Waals surface area contributed by atoms with Crippen molar-refractivity contribution in [2.24, 2.45) is 0 Å². The van der Waals surface area contributed by atoms with Crippen molar-refractivity contribution in [2.45, 2.75) is 30.9 Å². The molecule has 21 heavy (non-hydrogen) atoms. The van der Waals surface area contributed by atoms with Crippen LogP contribution in [0.1, 0.15) is 13.8 Å². The molecule has 0 aromatic heterocycles. The highest BCUT2D eigenvalue weighted by Crippen LogP contribution is 2.14. The lowest BCUT2D eigenvalue weighted by Crippen LogP contribution is -2.30. The maximum absolute atomic E-state index is 11.9. The molecule has 7 nitrogen and oxygen atoms in total. The number of hydrogen-bond donors (Lipinski definition) is 3. The summed E-state index contributed by atoms with van der Waals surface area (Å²) in [6, 6.07) is 5.86. The van der Waals surface area contributed by atoms with Crippen LogP contribution in [-0.4, -0.2) is 45.3 Å². The molecule has 0 radical (unpaired) electrons. The molecule has 0 aliphatic carbocycles. The van der Waals surface area contributed by atoms with Crippen LogP contribution in [0.2, 0.25) is 0 Å². The first-order chi connectivity index (χ1) is 9.76. The average Bonchev–Trinajstić information content (AvgIpc) is 2.38. The van der Waals surface area contributed by atoms with Crippen LogP contribution < -0.4 is 10.0 Å². The first-order valence-electron chi connectivity index (χ1n) is 6.38.